The van der Waals surface area contributed by atoms with E-state index in [0.717, 1.165) is 11.1 Å². The fourth-order valence-corrected chi connectivity index (χ4v) is 3.42. The topological polar surface area (TPSA) is 94.6 Å². The van der Waals surface area contributed by atoms with E-state index in [1.807, 2.05) is 48.5 Å². The molecule has 2 heterocycles. The molecule has 0 saturated heterocycles. The van der Waals surface area contributed by atoms with E-state index in [2.05, 4.69) is 15.6 Å². The van der Waals surface area contributed by atoms with Crippen LogP contribution in [0, 0.1) is 0 Å². The third-order valence-corrected chi connectivity index (χ3v) is 4.96. The number of amides is 2. The molecule has 0 radical (unpaired) electrons. The minimum absolute atomic E-state index is 0.00445. The Kier molecular flexibility index (Phi) is 5.72. The lowest BCUT2D eigenvalue weighted by Crippen LogP contribution is -2.40. The zero-order valence-electron chi connectivity index (χ0n) is 16.3. The summed E-state index contributed by atoms with van der Waals surface area (Å²) in [7, 11) is 0. The van der Waals surface area contributed by atoms with Gasteiger partial charge in [0, 0.05) is 18.5 Å². The second kappa shape index (κ2) is 8.75. The first kappa shape index (κ1) is 19.6. The molecule has 3 N–H and O–H groups in total. The predicted octanol–water partition coefficient (Wildman–Crippen LogP) is 2.83. The Morgan fingerprint density at radius 1 is 1.13 bits per heavy atom. The average molecular weight is 402 g/mol. The van der Waals surface area contributed by atoms with Crippen molar-refractivity contribution in [2.75, 3.05) is 28.7 Å². The summed E-state index contributed by atoms with van der Waals surface area (Å²) in [5.41, 5.74) is 3.41. The number of carbonyl (C=O) groups excluding carboxylic acids is 2. The minimum atomic E-state index is -0.326. The van der Waals surface area contributed by atoms with Gasteiger partial charge in [0.15, 0.2) is 5.82 Å². The van der Waals surface area contributed by atoms with Crippen LogP contribution in [0.2, 0.25) is 0 Å². The summed E-state index contributed by atoms with van der Waals surface area (Å²) >= 11 is 0. The van der Waals surface area contributed by atoms with E-state index >= 15 is 0 Å². The standard InChI is InChI=1S/C23H22N4O3/c28-11-10-17-8-4-5-9-19(17)26-23(30)18-12-20-22(24-13-18)25-14-21(29)27(20)15-16-6-2-1-3-7-16/h1-9,12-13,28H,10-11,14-15H2,(H,24,25)(H,26,30). The van der Waals surface area contributed by atoms with Crippen LogP contribution in [0.5, 0.6) is 0 Å². The van der Waals surface area contributed by atoms with Crippen molar-refractivity contribution < 1.29 is 14.7 Å². The molecule has 0 spiro atoms. The molecule has 1 aromatic heterocycles. The molecule has 2 amide bonds. The monoisotopic (exact) mass is 402 g/mol. The predicted molar refractivity (Wildman–Crippen MR) is 116 cm³/mol. The highest BCUT2D eigenvalue weighted by Crippen LogP contribution is 2.30. The van der Waals surface area contributed by atoms with E-state index in [0.29, 0.717) is 35.7 Å². The van der Waals surface area contributed by atoms with Crippen molar-refractivity contribution in [1.29, 1.82) is 0 Å². The Labute approximate surface area is 174 Å². The van der Waals surface area contributed by atoms with Crippen molar-refractivity contribution in [2.24, 2.45) is 0 Å². The highest BCUT2D eigenvalue weighted by Gasteiger charge is 2.26. The highest BCUT2D eigenvalue weighted by molar-refractivity contribution is 6.07. The number of nitrogens with one attached hydrogen (secondary N) is 2. The second-order valence-electron chi connectivity index (χ2n) is 7.00. The number of para-hydroxylation sites is 1. The van der Waals surface area contributed by atoms with E-state index in [1.54, 1.807) is 17.0 Å². The second-order valence-corrected chi connectivity index (χ2v) is 7.00. The molecular weight excluding hydrogens is 380 g/mol. The Morgan fingerprint density at radius 3 is 2.70 bits per heavy atom. The summed E-state index contributed by atoms with van der Waals surface area (Å²) in [6, 6.07) is 18.7. The Bertz CT molecular complexity index is 1070. The third kappa shape index (κ3) is 4.16. The first-order valence-electron chi connectivity index (χ1n) is 9.74. The van der Waals surface area contributed by atoms with Gasteiger partial charge in [-0.05, 0) is 29.7 Å². The Balaban J connectivity index is 1.61. The van der Waals surface area contributed by atoms with Gasteiger partial charge in [-0.15, -0.1) is 0 Å². The van der Waals surface area contributed by atoms with Gasteiger partial charge < -0.3 is 20.6 Å². The van der Waals surface area contributed by atoms with Gasteiger partial charge in [0.1, 0.15) is 0 Å². The number of aromatic nitrogens is 1. The number of aliphatic hydroxyl groups is 1. The SMILES string of the molecule is O=C(Nc1ccccc1CCO)c1cnc2c(c1)N(Cc1ccccc1)C(=O)CN2. The maximum atomic E-state index is 12.9. The maximum Gasteiger partial charge on any atom is 0.257 e. The van der Waals surface area contributed by atoms with Gasteiger partial charge in [0.25, 0.3) is 5.91 Å². The molecule has 0 unspecified atom stereocenters. The van der Waals surface area contributed by atoms with Gasteiger partial charge in [-0.25, -0.2) is 4.98 Å². The maximum absolute atomic E-state index is 12.9. The summed E-state index contributed by atoms with van der Waals surface area (Å²) in [5.74, 6) is 0.162. The first-order chi connectivity index (χ1) is 14.7. The molecule has 3 aromatic rings. The van der Waals surface area contributed by atoms with Crippen molar-refractivity contribution in [3.63, 3.8) is 0 Å². The number of hydrogen-bond acceptors (Lipinski definition) is 5. The quantitative estimate of drug-likeness (QED) is 0.589. The number of benzene rings is 2. The molecule has 0 fully saturated rings. The number of rotatable bonds is 6. The van der Waals surface area contributed by atoms with Crippen LogP contribution in [0.25, 0.3) is 0 Å². The van der Waals surface area contributed by atoms with Crippen molar-refractivity contribution in [1.82, 2.24) is 4.98 Å². The number of pyridine rings is 1. The Morgan fingerprint density at radius 2 is 1.90 bits per heavy atom. The molecule has 2 aromatic carbocycles. The largest absolute Gasteiger partial charge is 0.396 e. The number of carbonyl (C=O) groups is 2. The smallest absolute Gasteiger partial charge is 0.257 e. The van der Waals surface area contributed by atoms with Crippen LogP contribution < -0.4 is 15.5 Å². The zero-order chi connectivity index (χ0) is 20.9. The van der Waals surface area contributed by atoms with Crippen LogP contribution in [0.15, 0.2) is 66.9 Å². The molecule has 7 heteroatoms. The van der Waals surface area contributed by atoms with Crippen molar-refractivity contribution >= 4 is 29.0 Å². The van der Waals surface area contributed by atoms with Gasteiger partial charge in [-0.1, -0.05) is 48.5 Å². The van der Waals surface area contributed by atoms with Crippen LogP contribution in [0.3, 0.4) is 0 Å². The molecule has 0 aliphatic carbocycles. The van der Waals surface area contributed by atoms with Gasteiger partial charge in [0.05, 0.1) is 24.3 Å². The molecular formula is C23H22N4O3. The molecule has 0 atom stereocenters. The summed E-state index contributed by atoms with van der Waals surface area (Å²) in [4.78, 5) is 31.4. The lowest BCUT2D eigenvalue weighted by molar-refractivity contribution is -0.117. The molecule has 30 heavy (non-hydrogen) atoms. The fourth-order valence-electron chi connectivity index (χ4n) is 3.42. The number of anilines is 3. The number of fused-ring (bicyclic) bond motifs is 1. The van der Waals surface area contributed by atoms with Gasteiger partial charge in [-0.2, -0.15) is 0 Å². The Hall–Kier alpha value is -3.71. The molecule has 0 saturated carbocycles. The lowest BCUT2D eigenvalue weighted by atomic mass is 10.1. The first-order valence-corrected chi connectivity index (χ1v) is 9.74. The fraction of sp³-hybridized carbons (Fsp3) is 0.174. The zero-order valence-corrected chi connectivity index (χ0v) is 16.3. The number of hydrogen-bond donors (Lipinski definition) is 3. The van der Waals surface area contributed by atoms with E-state index in [1.165, 1.54) is 6.20 Å². The summed E-state index contributed by atoms with van der Waals surface area (Å²) in [6.45, 7) is 0.558. The normalized spacial score (nSPS) is 12.8. The third-order valence-electron chi connectivity index (χ3n) is 4.96. The molecule has 1 aliphatic heterocycles. The molecule has 152 valence electrons. The summed E-state index contributed by atoms with van der Waals surface area (Å²) in [6.07, 6.45) is 1.94. The summed E-state index contributed by atoms with van der Waals surface area (Å²) < 4.78 is 0. The average Bonchev–Trinajstić information content (AvgIpc) is 2.77. The lowest BCUT2D eigenvalue weighted by Gasteiger charge is -2.29. The molecule has 7 nitrogen and oxygen atoms in total. The number of nitrogens with zero attached hydrogens (tertiary/aromatic N) is 2. The van der Waals surface area contributed by atoms with E-state index in [4.69, 9.17) is 0 Å². The van der Waals surface area contributed by atoms with E-state index in [9.17, 15) is 14.7 Å². The summed E-state index contributed by atoms with van der Waals surface area (Å²) in [5, 5.41) is 15.1. The minimum Gasteiger partial charge on any atom is -0.396 e. The molecule has 0 bridgehead atoms. The molecule has 1 aliphatic rings. The highest BCUT2D eigenvalue weighted by atomic mass is 16.3. The van der Waals surface area contributed by atoms with Gasteiger partial charge in [-0.3, -0.25) is 9.59 Å². The molecule has 4 rings (SSSR count). The van der Waals surface area contributed by atoms with Crippen molar-refractivity contribution in [2.45, 2.75) is 13.0 Å². The van der Waals surface area contributed by atoms with Crippen LogP contribution in [-0.4, -0.2) is 35.1 Å². The van der Waals surface area contributed by atoms with Crippen LogP contribution in [-0.2, 0) is 17.8 Å². The van der Waals surface area contributed by atoms with Crippen LogP contribution >= 0.6 is 0 Å². The van der Waals surface area contributed by atoms with Crippen molar-refractivity contribution in [3.8, 4) is 0 Å². The van der Waals surface area contributed by atoms with Crippen LogP contribution in [0.1, 0.15) is 21.5 Å². The van der Waals surface area contributed by atoms with Gasteiger partial charge >= 0.3 is 0 Å². The van der Waals surface area contributed by atoms with E-state index < -0.39 is 0 Å². The van der Waals surface area contributed by atoms with Gasteiger partial charge in [0.2, 0.25) is 5.91 Å². The van der Waals surface area contributed by atoms with E-state index in [-0.39, 0.29) is 25.0 Å². The van der Waals surface area contributed by atoms with Crippen LogP contribution in [0.4, 0.5) is 17.2 Å². The number of aliphatic hydroxyl groups excluding tert-OH is 1. The van der Waals surface area contributed by atoms with Crippen molar-refractivity contribution in [3.05, 3.63) is 83.6 Å².